The summed E-state index contributed by atoms with van der Waals surface area (Å²) in [7, 11) is 0. The highest BCUT2D eigenvalue weighted by molar-refractivity contribution is 5.38. The summed E-state index contributed by atoms with van der Waals surface area (Å²) in [5.74, 6) is 6.23. The number of hydrogen-bond donors (Lipinski definition) is 0. The van der Waals surface area contributed by atoms with E-state index in [1.54, 1.807) is 5.57 Å². The third kappa shape index (κ3) is 1.11. The molecular weight excluding hydrogens is 220 g/mol. The molecule has 0 saturated heterocycles. The Kier molecular flexibility index (Phi) is 1.78. The fraction of sp³-hybridized carbons (Fsp3) is 0.529. The second-order valence-corrected chi connectivity index (χ2v) is 6.54. The second kappa shape index (κ2) is 3.27. The van der Waals surface area contributed by atoms with Crippen molar-refractivity contribution in [2.45, 2.75) is 13.0 Å². The first-order valence-corrected chi connectivity index (χ1v) is 7.26. The van der Waals surface area contributed by atoms with Crippen molar-refractivity contribution >= 4 is 0 Å². The molecule has 5 aliphatic rings. The van der Waals surface area contributed by atoms with Crippen molar-refractivity contribution in [3.05, 3.63) is 47.5 Å². The molecule has 1 nitrogen and oxygen atoms in total. The fourth-order valence-corrected chi connectivity index (χ4v) is 5.34. The lowest BCUT2D eigenvalue weighted by Gasteiger charge is -2.15. The van der Waals surface area contributed by atoms with Crippen molar-refractivity contribution in [2.24, 2.45) is 35.5 Å². The van der Waals surface area contributed by atoms with E-state index in [1.165, 1.54) is 12.0 Å². The molecule has 6 rings (SSSR count). The molecule has 0 unspecified atom stereocenters. The first-order valence-electron chi connectivity index (χ1n) is 7.26. The molecule has 0 aliphatic heterocycles. The number of benzene rings is 1. The molecule has 1 heteroatoms. The molecule has 6 bridgehead atoms. The van der Waals surface area contributed by atoms with Crippen molar-refractivity contribution in [3.63, 3.8) is 0 Å². The van der Waals surface area contributed by atoms with Gasteiger partial charge in [0.2, 0.25) is 0 Å². The molecule has 4 fully saturated rings. The summed E-state index contributed by atoms with van der Waals surface area (Å²) in [5.41, 5.74) is 2.93. The molecule has 0 amide bonds. The summed E-state index contributed by atoms with van der Waals surface area (Å²) in [5, 5.41) is 0. The third-order valence-corrected chi connectivity index (χ3v) is 5.87. The molecule has 18 heavy (non-hydrogen) atoms. The van der Waals surface area contributed by atoms with E-state index in [0.717, 1.165) is 48.7 Å². The summed E-state index contributed by atoms with van der Waals surface area (Å²) < 4.78 is 5.92. The van der Waals surface area contributed by atoms with E-state index in [1.807, 2.05) is 0 Å². The molecule has 0 aromatic heterocycles. The zero-order valence-electron chi connectivity index (χ0n) is 10.5. The lowest BCUT2D eigenvalue weighted by Crippen LogP contribution is -2.10. The van der Waals surface area contributed by atoms with Gasteiger partial charge in [0.05, 0.1) is 13.2 Å². The van der Waals surface area contributed by atoms with Crippen LogP contribution in [0.15, 0.2) is 42.0 Å². The van der Waals surface area contributed by atoms with Crippen LogP contribution < -0.4 is 0 Å². The minimum atomic E-state index is 0.762. The maximum atomic E-state index is 5.92. The van der Waals surface area contributed by atoms with Crippen LogP contribution in [-0.4, -0.2) is 6.61 Å². The van der Waals surface area contributed by atoms with Gasteiger partial charge < -0.3 is 4.74 Å². The number of allylic oxidation sites excluding steroid dienone is 1. The quantitative estimate of drug-likeness (QED) is 0.731. The summed E-state index contributed by atoms with van der Waals surface area (Å²) in [6.45, 7) is 1.64. The Morgan fingerprint density at radius 3 is 2.61 bits per heavy atom. The van der Waals surface area contributed by atoms with Crippen LogP contribution in [0.5, 0.6) is 0 Å². The van der Waals surface area contributed by atoms with Gasteiger partial charge in [-0.1, -0.05) is 36.4 Å². The first-order chi connectivity index (χ1) is 8.93. The second-order valence-electron chi connectivity index (χ2n) is 6.54. The van der Waals surface area contributed by atoms with Crippen LogP contribution in [0, 0.1) is 35.5 Å². The molecule has 1 aromatic carbocycles. The van der Waals surface area contributed by atoms with Crippen LogP contribution in [0.3, 0.4) is 0 Å². The highest BCUT2D eigenvalue weighted by atomic mass is 16.5. The van der Waals surface area contributed by atoms with Gasteiger partial charge in [0.25, 0.3) is 0 Å². The zero-order valence-corrected chi connectivity index (χ0v) is 10.5. The van der Waals surface area contributed by atoms with Crippen molar-refractivity contribution in [2.75, 3.05) is 6.61 Å². The first kappa shape index (κ1) is 9.80. The van der Waals surface area contributed by atoms with Gasteiger partial charge in [-0.2, -0.15) is 0 Å². The van der Waals surface area contributed by atoms with Gasteiger partial charge in [0, 0.05) is 0 Å². The van der Waals surface area contributed by atoms with Crippen LogP contribution in [0.1, 0.15) is 12.0 Å². The Labute approximate surface area is 108 Å². The molecule has 1 aromatic rings. The van der Waals surface area contributed by atoms with Gasteiger partial charge in [0.1, 0.15) is 0 Å². The normalized spacial score (nSPS) is 45.4. The van der Waals surface area contributed by atoms with Crippen molar-refractivity contribution in [3.8, 4) is 0 Å². The van der Waals surface area contributed by atoms with E-state index in [2.05, 4.69) is 36.4 Å². The zero-order chi connectivity index (χ0) is 11.7. The topological polar surface area (TPSA) is 9.23 Å². The Hall–Kier alpha value is -1.08. The largest absolute Gasteiger partial charge is 0.372 e. The molecule has 5 aliphatic carbocycles. The molecular formula is C17H18O. The van der Waals surface area contributed by atoms with Crippen molar-refractivity contribution < 1.29 is 4.74 Å². The van der Waals surface area contributed by atoms with E-state index < -0.39 is 0 Å². The Balaban J connectivity index is 1.24. The van der Waals surface area contributed by atoms with E-state index >= 15 is 0 Å². The summed E-state index contributed by atoms with van der Waals surface area (Å²) in [4.78, 5) is 0. The van der Waals surface area contributed by atoms with Gasteiger partial charge in [-0.05, 0) is 53.1 Å². The van der Waals surface area contributed by atoms with Crippen LogP contribution in [0.4, 0.5) is 0 Å². The number of ether oxygens (including phenoxy) is 1. The molecule has 6 atom stereocenters. The maximum Gasteiger partial charge on any atom is 0.0721 e. The minimum absolute atomic E-state index is 0.762. The van der Waals surface area contributed by atoms with Crippen LogP contribution >= 0.6 is 0 Å². The Morgan fingerprint density at radius 1 is 1.00 bits per heavy atom. The average Bonchev–Trinajstić information content (AvgIpc) is 2.77. The van der Waals surface area contributed by atoms with Gasteiger partial charge >= 0.3 is 0 Å². The predicted octanol–water partition coefficient (Wildman–Crippen LogP) is 3.27. The highest BCUT2D eigenvalue weighted by Crippen LogP contribution is 2.80. The lowest BCUT2D eigenvalue weighted by molar-refractivity contribution is 0.135. The maximum absolute atomic E-state index is 5.92. The summed E-state index contributed by atoms with van der Waals surface area (Å²) in [6.07, 6.45) is 4.11. The SMILES string of the molecule is C1=C(COCc2ccccc2)[C@@H]2[C@H]3C[C@@H]4[C@H]([C@@H]13)[C@@H]42. The van der Waals surface area contributed by atoms with Crippen LogP contribution in [-0.2, 0) is 11.3 Å². The van der Waals surface area contributed by atoms with Crippen molar-refractivity contribution in [1.29, 1.82) is 0 Å². The van der Waals surface area contributed by atoms with E-state index in [0.29, 0.717) is 0 Å². The molecule has 92 valence electrons. The lowest BCUT2D eigenvalue weighted by atomic mass is 9.95. The van der Waals surface area contributed by atoms with Crippen molar-refractivity contribution in [1.82, 2.24) is 0 Å². The standard InChI is InChI=1S/C17H18O/c1-2-4-10(5-3-1)8-18-9-11-6-12-13-7-14-16(12)17(14)15(11)13/h1-6,12-17H,7-9H2/t12-,13-,14+,15+,16-,17-/m0/s1. The summed E-state index contributed by atoms with van der Waals surface area (Å²) in [6, 6.07) is 10.5. The molecule has 0 heterocycles. The molecule has 0 N–H and O–H groups in total. The average molecular weight is 238 g/mol. The Bertz CT molecular complexity index is 518. The minimum Gasteiger partial charge on any atom is -0.372 e. The number of rotatable bonds is 4. The third-order valence-electron chi connectivity index (χ3n) is 5.87. The smallest absolute Gasteiger partial charge is 0.0721 e. The monoisotopic (exact) mass is 238 g/mol. The fourth-order valence-electron chi connectivity index (χ4n) is 5.34. The highest BCUT2D eigenvalue weighted by Gasteiger charge is 2.75. The van der Waals surface area contributed by atoms with Crippen LogP contribution in [0.2, 0.25) is 0 Å². The van der Waals surface area contributed by atoms with E-state index in [4.69, 9.17) is 4.74 Å². The number of hydrogen-bond acceptors (Lipinski definition) is 1. The molecule has 4 saturated carbocycles. The Morgan fingerprint density at radius 2 is 1.89 bits per heavy atom. The predicted molar refractivity (Wildman–Crippen MR) is 69.7 cm³/mol. The van der Waals surface area contributed by atoms with Gasteiger partial charge in [0.15, 0.2) is 0 Å². The van der Waals surface area contributed by atoms with Gasteiger partial charge in [-0.3, -0.25) is 0 Å². The van der Waals surface area contributed by atoms with Crippen LogP contribution in [0.25, 0.3) is 0 Å². The van der Waals surface area contributed by atoms with Gasteiger partial charge in [-0.25, -0.2) is 0 Å². The molecule has 0 spiro atoms. The van der Waals surface area contributed by atoms with E-state index in [-0.39, 0.29) is 0 Å². The van der Waals surface area contributed by atoms with E-state index in [9.17, 15) is 0 Å². The summed E-state index contributed by atoms with van der Waals surface area (Å²) >= 11 is 0. The van der Waals surface area contributed by atoms with Gasteiger partial charge in [-0.15, -0.1) is 0 Å². The molecule has 0 radical (unpaired) electrons.